The second-order valence-electron chi connectivity index (χ2n) is 7.03. The largest absolute Gasteiger partial charge is 0.489 e. The van der Waals surface area contributed by atoms with Gasteiger partial charge in [0.1, 0.15) is 23.5 Å². The molecule has 29 heavy (non-hydrogen) atoms. The molecule has 9 heteroatoms. The van der Waals surface area contributed by atoms with Crippen molar-refractivity contribution in [2.24, 2.45) is 4.99 Å². The van der Waals surface area contributed by atoms with Crippen LogP contribution in [0.3, 0.4) is 0 Å². The number of guanidine groups is 1. The Morgan fingerprint density at radius 2 is 2.10 bits per heavy atom. The van der Waals surface area contributed by atoms with E-state index in [1.165, 1.54) is 0 Å². The van der Waals surface area contributed by atoms with Gasteiger partial charge in [-0.1, -0.05) is 41.4 Å². The van der Waals surface area contributed by atoms with Crippen molar-refractivity contribution in [2.75, 3.05) is 45.9 Å². The molecule has 2 aliphatic rings. The van der Waals surface area contributed by atoms with E-state index in [4.69, 9.17) is 27.9 Å². The third-order valence-corrected chi connectivity index (χ3v) is 5.76. The number of nitrogens with zero attached hydrogens (tertiary/aromatic N) is 3. The van der Waals surface area contributed by atoms with Crippen molar-refractivity contribution in [3.05, 3.63) is 40.4 Å². The third kappa shape index (κ3) is 6.89. The Bertz CT molecular complexity index is 712. The summed E-state index contributed by atoms with van der Waals surface area (Å²) in [7, 11) is 0. The minimum Gasteiger partial charge on any atom is -0.489 e. The minimum absolute atomic E-state index is 0. The van der Waals surface area contributed by atoms with E-state index in [2.05, 4.69) is 32.3 Å². The highest BCUT2D eigenvalue weighted by Gasteiger charge is 2.29. The number of benzene rings is 1. The van der Waals surface area contributed by atoms with Gasteiger partial charge in [-0.05, 0) is 25.5 Å². The molecule has 0 amide bonds. The van der Waals surface area contributed by atoms with Gasteiger partial charge in [-0.25, -0.2) is 0 Å². The Balaban J connectivity index is 0.00000300. The van der Waals surface area contributed by atoms with E-state index in [0.717, 1.165) is 45.1 Å². The highest BCUT2D eigenvalue weighted by atomic mass is 127. The predicted octanol–water partition coefficient (Wildman–Crippen LogP) is 3.26. The van der Waals surface area contributed by atoms with Gasteiger partial charge >= 0.3 is 0 Å². The molecule has 0 spiro atoms. The van der Waals surface area contributed by atoms with Crippen LogP contribution in [0.1, 0.15) is 13.3 Å². The molecule has 3 rings (SSSR count). The fourth-order valence-electron chi connectivity index (χ4n) is 3.48. The lowest BCUT2D eigenvalue weighted by atomic mass is 10.2. The van der Waals surface area contributed by atoms with Crippen molar-refractivity contribution in [1.82, 2.24) is 15.1 Å². The summed E-state index contributed by atoms with van der Waals surface area (Å²) in [5.74, 6) is 1.31. The Hall–Kier alpha value is -0.740. The van der Waals surface area contributed by atoms with E-state index in [9.17, 15) is 5.11 Å². The van der Waals surface area contributed by atoms with Crippen LogP contribution in [0, 0.1) is 0 Å². The van der Waals surface area contributed by atoms with Crippen LogP contribution in [0.25, 0.3) is 0 Å². The third-order valence-electron chi connectivity index (χ3n) is 4.96. The van der Waals surface area contributed by atoms with Gasteiger partial charge in [0.2, 0.25) is 0 Å². The molecule has 2 atom stereocenters. The summed E-state index contributed by atoms with van der Waals surface area (Å²) in [6.45, 7) is 7.20. The van der Waals surface area contributed by atoms with Crippen LogP contribution < -0.4 is 10.1 Å². The lowest BCUT2D eigenvalue weighted by Gasteiger charge is -2.25. The van der Waals surface area contributed by atoms with Crippen molar-refractivity contribution in [2.45, 2.75) is 25.5 Å². The zero-order chi connectivity index (χ0) is 19.9. The van der Waals surface area contributed by atoms with E-state index in [1.807, 2.05) is 6.92 Å². The topological polar surface area (TPSA) is 60.3 Å². The highest BCUT2D eigenvalue weighted by molar-refractivity contribution is 14.0. The highest BCUT2D eigenvalue weighted by Crippen LogP contribution is 2.31. The molecule has 162 valence electrons. The normalized spacial score (nSPS) is 20.6. The number of likely N-dealkylation sites (tertiary alicyclic amines) is 1. The molecule has 0 saturated carbocycles. The molecular weight excluding hydrogens is 526 g/mol. The van der Waals surface area contributed by atoms with Gasteiger partial charge in [0.25, 0.3) is 0 Å². The van der Waals surface area contributed by atoms with Gasteiger partial charge in [-0.2, -0.15) is 0 Å². The van der Waals surface area contributed by atoms with Crippen LogP contribution in [-0.2, 0) is 0 Å². The number of nitrogens with one attached hydrogen (secondary N) is 1. The Labute approximate surface area is 199 Å². The molecule has 2 heterocycles. The van der Waals surface area contributed by atoms with Crippen LogP contribution in [0.5, 0.6) is 5.75 Å². The molecule has 1 saturated heterocycles. The fourth-order valence-corrected chi connectivity index (χ4v) is 3.82. The summed E-state index contributed by atoms with van der Waals surface area (Å²) in [6, 6.07) is 5.74. The van der Waals surface area contributed by atoms with Gasteiger partial charge in [0, 0.05) is 38.8 Å². The summed E-state index contributed by atoms with van der Waals surface area (Å²) < 4.78 is 5.60. The number of hydrogen-bond donors (Lipinski definition) is 2. The van der Waals surface area contributed by atoms with Gasteiger partial charge in [0.15, 0.2) is 5.96 Å². The van der Waals surface area contributed by atoms with Gasteiger partial charge in [0.05, 0.1) is 11.6 Å². The van der Waals surface area contributed by atoms with Gasteiger partial charge < -0.3 is 20.1 Å². The van der Waals surface area contributed by atoms with E-state index in [-0.39, 0.29) is 37.1 Å². The molecule has 1 aromatic carbocycles. The number of aliphatic imine (C=N–C) groups is 1. The van der Waals surface area contributed by atoms with E-state index in [0.29, 0.717) is 21.8 Å². The average molecular weight is 555 g/mol. The zero-order valence-electron chi connectivity index (χ0n) is 16.6. The number of rotatable bonds is 7. The summed E-state index contributed by atoms with van der Waals surface area (Å²) in [4.78, 5) is 9.38. The standard InChI is InChI=1S/C20H28Cl2N4O2.HI/c1-2-23-20(26-11-8-15(13-26)25-9-3-4-10-25)24-12-16(27)14-28-18-7-5-6-17(21)19(18)22;/h3-7,15-16,27H,2,8-14H2,1H3,(H,23,24);1H. The van der Waals surface area contributed by atoms with Crippen LogP contribution in [0.4, 0.5) is 0 Å². The van der Waals surface area contributed by atoms with Crippen molar-refractivity contribution >= 4 is 53.1 Å². The van der Waals surface area contributed by atoms with Crippen LogP contribution >= 0.6 is 47.2 Å². The second-order valence-corrected chi connectivity index (χ2v) is 7.81. The summed E-state index contributed by atoms with van der Waals surface area (Å²) >= 11 is 12.1. The summed E-state index contributed by atoms with van der Waals surface area (Å²) in [5.41, 5.74) is 0. The first-order chi connectivity index (χ1) is 13.6. The Morgan fingerprint density at radius 1 is 1.34 bits per heavy atom. The maximum absolute atomic E-state index is 10.3. The molecule has 6 nitrogen and oxygen atoms in total. The van der Waals surface area contributed by atoms with Crippen molar-refractivity contribution in [3.8, 4) is 5.75 Å². The molecule has 0 radical (unpaired) electrons. The molecule has 0 aliphatic carbocycles. The molecule has 0 bridgehead atoms. The molecule has 2 aliphatic heterocycles. The van der Waals surface area contributed by atoms with Crippen LogP contribution in [-0.4, -0.2) is 78.9 Å². The molecule has 0 aromatic heterocycles. The minimum atomic E-state index is -0.732. The maximum Gasteiger partial charge on any atom is 0.194 e. The average Bonchev–Trinajstić information content (AvgIpc) is 3.37. The Kier molecular flexibility index (Phi) is 10.3. The van der Waals surface area contributed by atoms with E-state index >= 15 is 0 Å². The quantitative estimate of drug-likeness (QED) is 0.234. The first-order valence-electron chi connectivity index (χ1n) is 9.75. The first-order valence-corrected chi connectivity index (χ1v) is 10.5. The molecule has 1 aromatic rings. The SMILES string of the molecule is CCNC(=NCC(O)COc1cccc(Cl)c1Cl)N1CCC(N2CC=CC2)C1.I. The van der Waals surface area contributed by atoms with Crippen LogP contribution in [0.15, 0.2) is 35.3 Å². The lowest BCUT2D eigenvalue weighted by molar-refractivity contribution is 0.114. The number of aliphatic hydroxyl groups excluding tert-OH is 1. The molecular formula is C20H29Cl2IN4O2. The zero-order valence-corrected chi connectivity index (χ0v) is 20.4. The van der Waals surface area contributed by atoms with Crippen molar-refractivity contribution < 1.29 is 9.84 Å². The van der Waals surface area contributed by atoms with Gasteiger partial charge in [-0.15, -0.1) is 24.0 Å². The summed E-state index contributed by atoms with van der Waals surface area (Å²) in [6.07, 6.45) is 4.85. The van der Waals surface area contributed by atoms with Crippen molar-refractivity contribution in [3.63, 3.8) is 0 Å². The number of ether oxygens (including phenoxy) is 1. The lowest BCUT2D eigenvalue weighted by Crippen LogP contribution is -2.43. The van der Waals surface area contributed by atoms with Gasteiger partial charge in [-0.3, -0.25) is 9.89 Å². The number of halogens is 3. The Morgan fingerprint density at radius 3 is 2.83 bits per heavy atom. The predicted molar refractivity (Wildman–Crippen MR) is 130 cm³/mol. The van der Waals surface area contributed by atoms with Crippen LogP contribution in [0.2, 0.25) is 10.0 Å². The summed E-state index contributed by atoms with van der Waals surface area (Å²) in [5, 5.41) is 14.4. The fraction of sp³-hybridized carbons (Fsp3) is 0.550. The maximum atomic E-state index is 10.3. The molecule has 2 unspecified atom stereocenters. The number of hydrogen-bond acceptors (Lipinski definition) is 4. The molecule has 2 N–H and O–H groups in total. The first kappa shape index (κ1) is 24.5. The van der Waals surface area contributed by atoms with Crippen molar-refractivity contribution in [1.29, 1.82) is 0 Å². The second kappa shape index (κ2) is 12.2. The monoisotopic (exact) mass is 554 g/mol. The van der Waals surface area contributed by atoms with E-state index in [1.54, 1.807) is 18.2 Å². The smallest absolute Gasteiger partial charge is 0.194 e. The number of aliphatic hydroxyl groups is 1. The van der Waals surface area contributed by atoms with E-state index < -0.39 is 6.10 Å². The molecule has 1 fully saturated rings.